The van der Waals surface area contributed by atoms with E-state index in [2.05, 4.69) is 17.0 Å². The van der Waals surface area contributed by atoms with Crippen LogP contribution in [0, 0.1) is 0 Å². The molecule has 0 unspecified atom stereocenters. The van der Waals surface area contributed by atoms with E-state index >= 15 is 0 Å². The third kappa shape index (κ3) is 4.52. The molecular formula is C17H24N2O2. The molecule has 4 heteroatoms. The van der Waals surface area contributed by atoms with Crippen LogP contribution in [0.4, 0.5) is 4.79 Å². The molecule has 1 aromatic rings. The Hall–Kier alpha value is -1.97. The maximum absolute atomic E-state index is 12.1. The van der Waals surface area contributed by atoms with Crippen LogP contribution < -0.4 is 0 Å². The Kier molecular flexibility index (Phi) is 4.56. The smallest absolute Gasteiger partial charge is 0.414 e. The van der Waals surface area contributed by atoms with Crippen molar-refractivity contribution in [2.45, 2.75) is 45.9 Å². The average molecular weight is 288 g/mol. The van der Waals surface area contributed by atoms with Crippen LogP contribution in [0.15, 0.2) is 42.7 Å². The first-order chi connectivity index (χ1) is 9.85. The van der Waals surface area contributed by atoms with Crippen LogP contribution in [0.3, 0.4) is 0 Å². The van der Waals surface area contributed by atoms with Gasteiger partial charge in [0.25, 0.3) is 0 Å². The fourth-order valence-corrected chi connectivity index (χ4v) is 2.29. The van der Waals surface area contributed by atoms with Gasteiger partial charge in [0, 0.05) is 25.5 Å². The minimum Gasteiger partial charge on any atom is -0.443 e. The van der Waals surface area contributed by atoms with Crippen LogP contribution in [-0.2, 0) is 11.3 Å². The van der Waals surface area contributed by atoms with E-state index in [1.807, 2.05) is 58.3 Å². The Morgan fingerprint density at radius 1 is 1.24 bits per heavy atom. The highest BCUT2D eigenvalue weighted by atomic mass is 16.6. The second-order valence-corrected chi connectivity index (χ2v) is 6.45. The summed E-state index contributed by atoms with van der Waals surface area (Å²) in [6.07, 6.45) is 3.48. The molecule has 0 saturated carbocycles. The van der Waals surface area contributed by atoms with Crippen molar-refractivity contribution in [2.24, 2.45) is 0 Å². The molecule has 0 fully saturated rings. The highest BCUT2D eigenvalue weighted by Crippen LogP contribution is 2.17. The van der Waals surface area contributed by atoms with Crippen molar-refractivity contribution < 1.29 is 9.53 Å². The molecule has 4 nitrogen and oxygen atoms in total. The monoisotopic (exact) mass is 288 g/mol. The Morgan fingerprint density at radius 3 is 2.48 bits per heavy atom. The van der Waals surface area contributed by atoms with Gasteiger partial charge in [-0.2, -0.15) is 0 Å². The number of rotatable bonds is 2. The van der Waals surface area contributed by atoms with E-state index in [1.165, 1.54) is 5.56 Å². The van der Waals surface area contributed by atoms with Crippen LogP contribution >= 0.6 is 0 Å². The van der Waals surface area contributed by atoms with Crippen molar-refractivity contribution in [3.05, 3.63) is 48.3 Å². The molecule has 0 aliphatic carbocycles. The van der Waals surface area contributed by atoms with Gasteiger partial charge in [-0.1, -0.05) is 30.3 Å². The van der Waals surface area contributed by atoms with Crippen molar-refractivity contribution in [2.75, 3.05) is 6.54 Å². The number of amides is 1. The lowest BCUT2D eigenvalue weighted by Gasteiger charge is -2.36. The van der Waals surface area contributed by atoms with E-state index in [0.717, 1.165) is 13.1 Å². The standard InChI is InChI=1S/C17H24N2O2/c1-14-12-18(13-15-8-6-5-7-9-15)10-11-19(14)16(20)21-17(2,3)4/h5-11,14H,12-13H2,1-4H3/t14-/m0/s1. The zero-order valence-electron chi connectivity index (χ0n) is 13.2. The molecule has 0 N–H and O–H groups in total. The molecule has 21 heavy (non-hydrogen) atoms. The number of carbonyl (C=O) groups excluding carboxylic acids is 1. The molecule has 1 aliphatic heterocycles. The van der Waals surface area contributed by atoms with Gasteiger partial charge in [0.05, 0.1) is 6.04 Å². The SMILES string of the molecule is C[C@H]1CN(Cc2ccccc2)C=CN1C(=O)OC(C)(C)C. The third-order valence-corrected chi connectivity index (χ3v) is 3.24. The second-order valence-electron chi connectivity index (χ2n) is 6.45. The summed E-state index contributed by atoms with van der Waals surface area (Å²) in [5, 5.41) is 0. The van der Waals surface area contributed by atoms with Crippen LogP contribution in [0.25, 0.3) is 0 Å². The molecule has 1 heterocycles. The van der Waals surface area contributed by atoms with Gasteiger partial charge in [-0.25, -0.2) is 4.79 Å². The minimum absolute atomic E-state index is 0.0913. The van der Waals surface area contributed by atoms with Crippen LogP contribution in [0.5, 0.6) is 0 Å². The van der Waals surface area contributed by atoms with Crippen molar-refractivity contribution in [3.63, 3.8) is 0 Å². The maximum Gasteiger partial charge on any atom is 0.414 e. The second kappa shape index (κ2) is 6.20. The lowest BCUT2D eigenvalue weighted by molar-refractivity contribution is 0.0233. The molecule has 0 bridgehead atoms. The molecule has 1 aromatic carbocycles. The first-order valence-corrected chi connectivity index (χ1v) is 7.33. The fourth-order valence-electron chi connectivity index (χ4n) is 2.29. The Balaban J connectivity index is 1.98. The van der Waals surface area contributed by atoms with Gasteiger partial charge < -0.3 is 9.64 Å². The van der Waals surface area contributed by atoms with Gasteiger partial charge in [-0.15, -0.1) is 0 Å². The number of ether oxygens (including phenoxy) is 1. The highest BCUT2D eigenvalue weighted by molar-refractivity contribution is 5.70. The number of nitrogens with zero attached hydrogens (tertiary/aromatic N) is 2. The van der Waals surface area contributed by atoms with E-state index in [-0.39, 0.29) is 12.1 Å². The van der Waals surface area contributed by atoms with Crippen molar-refractivity contribution in [1.82, 2.24) is 9.80 Å². The van der Waals surface area contributed by atoms with Crippen molar-refractivity contribution >= 4 is 6.09 Å². The first-order valence-electron chi connectivity index (χ1n) is 7.33. The summed E-state index contributed by atoms with van der Waals surface area (Å²) < 4.78 is 5.42. The number of benzene rings is 1. The number of hydrogen-bond acceptors (Lipinski definition) is 3. The third-order valence-electron chi connectivity index (χ3n) is 3.24. The molecule has 0 radical (unpaired) electrons. The largest absolute Gasteiger partial charge is 0.443 e. The van der Waals surface area contributed by atoms with E-state index in [0.29, 0.717) is 0 Å². The topological polar surface area (TPSA) is 32.8 Å². The lowest BCUT2D eigenvalue weighted by atomic mass is 10.2. The molecule has 1 aliphatic rings. The van der Waals surface area contributed by atoms with Crippen LogP contribution in [0.1, 0.15) is 33.3 Å². The molecule has 0 aromatic heterocycles. The zero-order chi connectivity index (χ0) is 15.5. The number of carbonyl (C=O) groups is 1. The van der Waals surface area contributed by atoms with Crippen LogP contribution in [0.2, 0.25) is 0 Å². The molecule has 114 valence electrons. The fraction of sp³-hybridized carbons (Fsp3) is 0.471. The average Bonchev–Trinajstić information content (AvgIpc) is 2.37. The van der Waals surface area contributed by atoms with Gasteiger partial charge in [0.2, 0.25) is 0 Å². The summed E-state index contributed by atoms with van der Waals surface area (Å²) >= 11 is 0. The van der Waals surface area contributed by atoms with Gasteiger partial charge in [-0.3, -0.25) is 4.90 Å². The lowest BCUT2D eigenvalue weighted by Crippen LogP contribution is -2.46. The molecule has 0 spiro atoms. The molecule has 1 atom stereocenters. The van der Waals surface area contributed by atoms with E-state index in [4.69, 9.17) is 4.74 Å². The highest BCUT2D eigenvalue weighted by Gasteiger charge is 2.27. The molecule has 0 saturated heterocycles. The number of hydrogen-bond donors (Lipinski definition) is 0. The quantitative estimate of drug-likeness (QED) is 0.833. The van der Waals surface area contributed by atoms with Gasteiger partial charge >= 0.3 is 6.09 Å². The summed E-state index contributed by atoms with van der Waals surface area (Å²) in [6.45, 7) is 9.32. The Morgan fingerprint density at radius 2 is 1.90 bits per heavy atom. The van der Waals surface area contributed by atoms with Gasteiger partial charge in [0.1, 0.15) is 5.60 Å². The summed E-state index contributed by atoms with van der Waals surface area (Å²) in [4.78, 5) is 16.0. The molecule has 1 amide bonds. The summed E-state index contributed by atoms with van der Waals surface area (Å²) in [7, 11) is 0. The van der Waals surface area contributed by atoms with Gasteiger partial charge in [0.15, 0.2) is 0 Å². The summed E-state index contributed by atoms with van der Waals surface area (Å²) in [5.41, 5.74) is 0.797. The predicted octanol–water partition coefficient (Wildman–Crippen LogP) is 3.60. The Labute approximate surface area is 127 Å². The summed E-state index contributed by atoms with van der Waals surface area (Å²) in [6, 6.07) is 10.4. The van der Waals surface area contributed by atoms with Crippen LogP contribution in [-0.4, -0.2) is 34.1 Å². The molecule has 2 rings (SSSR count). The Bertz CT molecular complexity index is 505. The van der Waals surface area contributed by atoms with E-state index in [9.17, 15) is 4.79 Å². The summed E-state index contributed by atoms with van der Waals surface area (Å²) in [5.74, 6) is 0. The van der Waals surface area contributed by atoms with Gasteiger partial charge in [-0.05, 0) is 33.3 Å². The van der Waals surface area contributed by atoms with Crippen molar-refractivity contribution in [3.8, 4) is 0 Å². The normalized spacial score (nSPS) is 18.8. The zero-order valence-corrected chi connectivity index (χ0v) is 13.2. The molecular weight excluding hydrogens is 264 g/mol. The van der Waals surface area contributed by atoms with E-state index in [1.54, 1.807) is 4.90 Å². The van der Waals surface area contributed by atoms with Crippen molar-refractivity contribution in [1.29, 1.82) is 0 Å². The first kappa shape index (κ1) is 15.4. The van der Waals surface area contributed by atoms with E-state index < -0.39 is 5.60 Å². The maximum atomic E-state index is 12.1. The minimum atomic E-state index is -0.466. The predicted molar refractivity (Wildman–Crippen MR) is 83.5 cm³/mol.